The van der Waals surface area contributed by atoms with E-state index in [4.69, 9.17) is 15.3 Å². The van der Waals surface area contributed by atoms with E-state index in [1.165, 1.54) is 19.3 Å². The van der Waals surface area contributed by atoms with E-state index in [1.807, 2.05) is 6.07 Å². The second-order valence-electron chi connectivity index (χ2n) is 6.29. The summed E-state index contributed by atoms with van der Waals surface area (Å²) in [6.45, 7) is 3.24. The molecule has 0 atom stereocenters. The van der Waals surface area contributed by atoms with Crippen molar-refractivity contribution in [1.82, 2.24) is 0 Å². The molecule has 1 aromatic carbocycles. The fourth-order valence-electron chi connectivity index (χ4n) is 1.92. The first-order chi connectivity index (χ1) is 11.5. The van der Waals surface area contributed by atoms with E-state index in [-0.39, 0.29) is 19.8 Å². The Labute approximate surface area is 144 Å². The van der Waals surface area contributed by atoms with Crippen LogP contribution >= 0.6 is 0 Å². The Morgan fingerprint density at radius 3 is 2.00 bits per heavy atom. The minimum atomic E-state index is -0.708. The first-order valence-electron chi connectivity index (χ1n) is 8.36. The van der Waals surface area contributed by atoms with Gasteiger partial charge in [-0.25, -0.2) is 0 Å². The highest BCUT2D eigenvalue weighted by atomic mass is 16.3. The fraction of sp³-hybridized carbons (Fsp3) is 0.579. The van der Waals surface area contributed by atoms with Crippen LogP contribution in [0.4, 0.5) is 0 Å². The molecule has 5 heteroatoms. The number of unbranched alkanes of at least 4 members (excludes halogenated alkanes) is 3. The van der Waals surface area contributed by atoms with Crippen molar-refractivity contribution in [3.63, 3.8) is 0 Å². The lowest BCUT2D eigenvalue weighted by Crippen LogP contribution is -2.29. The summed E-state index contributed by atoms with van der Waals surface area (Å²) in [5, 5.41) is 25.4. The molecule has 0 bridgehead atoms. The van der Waals surface area contributed by atoms with E-state index >= 15 is 0 Å². The number of benzene rings is 1. The van der Waals surface area contributed by atoms with Gasteiger partial charge in [0.2, 0.25) is 0 Å². The van der Waals surface area contributed by atoms with E-state index in [0.29, 0.717) is 11.1 Å². The van der Waals surface area contributed by atoms with Gasteiger partial charge in [0, 0.05) is 16.5 Å². The normalized spacial score (nSPS) is 10.7. The topological polar surface area (TPSA) is 94.8 Å². The number of carbonyl (C=O) groups excluding carboxylic acids is 2. The fourth-order valence-corrected chi connectivity index (χ4v) is 1.92. The van der Waals surface area contributed by atoms with Crippen molar-refractivity contribution >= 4 is 12.6 Å². The van der Waals surface area contributed by atoms with E-state index in [1.54, 1.807) is 19.1 Å². The smallest absolute Gasteiger partial charge is 0.150 e. The van der Waals surface area contributed by atoms with Crippen LogP contribution in [-0.4, -0.2) is 47.7 Å². The van der Waals surface area contributed by atoms with Crippen LogP contribution in [-0.2, 0) is 6.42 Å². The summed E-state index contributed by atoms with van der Waals surface area (Å²) in [6, 6.07) is 5.32. The summed E-state index contributed by atoms with van der Waals surface area (Å²) in [6.07, 6.45) is 7.29. The van der Waals surface area contributed by atoms with Crippen molar-refractivity contribution < 1.29 is 24.9 Å². The van der Waals surface area contributed by atoms with Gasteiger partial charge in [0.1, 0.15) is 12.6 Å². The molecule has 1 aromatic rings. The predicted molar refractivity (Wildman–Crippen MR) is 94.4 cm³/mol. The summed E-state index contributed by atoms with van der Waals surface area (Å²) >= 11 is 0. The highest BCUT2D eigenvalue weighted by Crippen LogP contribution is 2.13. The largest absolute Gasteiger partial charge is 0.396 e. The molecular weight excluding hydrogens is 308 g/mol. The molecule has 136 valence electrons. The molecule has 0 heterocycles. The maximum atomic E-state index is 10.9. The van der Waals surface area contributed by atoms with Gasteiger partial charge in [-0.1, -0.05) is 45.2 Å². The lowest BCUT2D eigenvalue weighted by molar-refractivity contribution is 0.0200. The van der Waals surface area contributed by atoms with Gasteiger partial charge in [-0.15, -0.1) is 0 Å². The zero-order chi connectivity index (χ0) is 18.4. The molecule has 1 rings (SSSR count). The Morgan fingerprint density at radius 1 is 0.958 bits per heavy atom. The van der Waals surface area contributed by atoms with Crippen molar-refractivity contribution in [3.8, 4) is 0 Å². The number of rotatable bonds is 10. The highest BCUT2D eigenvalue weighted by Gasteiger charge is 2.20. The van der Waals surface area contributed by atoms with Gasteiger partial charge in [0.05, 0.1) is 19.8 Å². The van der Waals surface area contributed by atoms with Gasteiger partial charge in [-0.3, -0.25) is 9.59 Å². The van der Waals surface area contributed by atoms with E-state index in [0.717, 1.165) is 31.0 Å². The first-order valence-corrected chi connectivity index (χ1v) is 8.36. The summed E-state index contributed by atoms with van der Waals surface area (Å²) in [5.74, 6) is 0. The van der Waals surface area contributed by atoms with E-state index in [9.17, 15) is 9.59 Å². The van der Waals surface area contributed by atoms with Crippen molar-refractivity contribution in [2.45, 2.75) is 46.0 Å². The summed E-state index contributed by atoms with van der Waals surface area (Å²) in [4.78, 5) is 21.4. The number of carbonyl (C=O) groups is 2. The van der Waals surface area contributed by atoms with E-state index in [2.05, 4.69) is 6.92 Å². The van der Waals surface area contributed by atoms with Crippen LogP contribution in [0.15, 0.2) is 18.2 Å². The zero-order valence-electron chi connectivity index (χ0n) is 14.7. The Kier molecular flexibility index (Phi) is 12.0. The van der Waals surface area contributed by atoms with Crippen LogP contribution in [0.5, 0.6) is 0 Å². The number of aldehydes is 2. The van der Waals surface area contributed by atoms with Gasteiger partial charge in [0.25, 0.3) is 0 Å². The molecule has 3 N–H and O–H groups in total. The first kappa shape index (κ1) is 22.4. The molecule has 24 heavy (non-hydrogen) atoms. The molecule has 0 aromatic heterocycles. The van der Waals surface area contributed by atoms with Crippen LogP contribution < -0.4 is 0 Å². The maximum absolute atomic E-state index is 10.9. The number of aliphatic hydroxyl groups excluding tert-OH is 3. The number of aryl methyl sites for hydroxylation is 1. The molecular formula is C19H30O5. The second kappa shape index (κ2) is 12.8. The van der Waals surface area contributed by atoms with Gasteiger partial charge in [-0.05, 0) is 24.5 Å². The van der Waals surface area contributed by atoms with Gasteiger partial charge >= 0.3 is 0 Å². The quantitative estimate of drug-likeness (QED) is 0.450. The summed E-state index contributed by atoms with van der Waals surface area (Å²) in [7, 11) is 0. The standard InChI is InChI=1S/C14H18O2.C5H12O3/c1-2-3-4-5-6-13-8-7-12(10-15)9-14(13)11-16;1-5(2-6,3-7)4-8/h7-11H,2-6H2,1H3;6-8H,2-4H2,1H3. The average Bonchev–Trinajstić information content (AvgIpc) is 2.65. The number of hydrogen-bond acceptors (Lipinski definition) is 5. The highest BCUT2D eigenvalue weighted by molar-refractivity contribution is 5.83. The van der Waals surface area contributed by atoms with Crippen molar-refractivity contribution in [1.29, 1.82) is 0 Å². The molecule has 0 amide bonds. The summed E-state index contributed by atoms with van der Waals surface area (Å²) in [5.41, 5.74) is 1.57. The number of aliphatic hydroxyl groups is 3. The SMILES string of the molecule is CC(CO)(CO)CO.CCCCCCc1ccc(C=O)cc1C=O. The molecule has 0 fully saturated rings. The molecule has 5 nitrogen and oxygen atoms in total. The van der Waals surface area contributed by atoms with Crippen LogP contribution in [0, 0.1) is 5.41 Å². The molecule has 0 radical (unpaired) electrons. The third-order valence-corrected chi connectivity index (χ3v) is 3.88. The minimum Gasteiger partial charge on any atom is -0.396 e. The Morgan fingerprint density at radius 2 is 1.58 bits per heavy atom. The molecule has 0 saturated carbocycles. The van der Waals surface area contributed by atoms with Gasteiger partial charge in [-0.2, -0.15) is 0 Å². The summed E-state index contributed by atoms with van der Waals surface area (Å²) < 4.78 is 0. The number of hydrogen-bond donors (Lipinski definition) is 3. The van der Waals surface area contributed by atoms with Gasteiger partial charge < -0.3 is 15.3 Å². The minimum absolute atomic E-state index is 0.181. The lowest BCUT2D eigenvalue weighted by atomic mass is 9.95. The Hall–Kier alpha value is -1.56. The van der Waals surface area contributed by atoms with Crippen LogP contribution in [0.3, 0.4) is 0 Å². The Bertz CT molecular complexity index is 472. The third-order valence-electron chi connectivity index (χ3n) is 3.88. The van der Waals surface area contributed by atoms with Crippen LogP contribution in [0.2, 0.25) is 0 Å². The maximum Gasteiger partial charge on any atom is 0.150 e. The third kappa shape index (κ3) is 8.34. The average molecular weight is 338 g/mol. The van der Waals surface area contributed by atoms with E-state index < -0.39 is 5.41 Å². The molecule has 0 unspecified atom stereocenters. The predicted octanol–water partition coefficient (Wildman–Crippen LogP) is 2.40. The van der Waals surface area contributed by atoms with Gasteiger partial charge in [0.15, 0.2) is 0 Å². The molecule has 0 saturated heterocycles. The van der Waals surface area contributed by atoms with Crippen molar-refractivity contribution in [2.24, 2.45) is 5.41 Å². The molecule has 0 aliphatic rings. The molecule has 0 aliphatic carbocycles. The van der Waals surface area contributed by atoms with Crippen molar-refractivity contribution in [2.75, 3.05) is 19.8 Å². The van der Waals surface area contributed by atoms with Crippen LogP contribution in [0.25, 0.3) is 0 Å². The van der Waals surface area contributed by atoms with Crippen LogP contribution in [0.1, 0.15) is 65.8 Å². The van der Waals surface area contributed by atoms with Crippen molar-refractivity contribution in [3.05, 3.63) is 34.9 Å². The Balaban J connectivity index is 0.000000561. The molecule has 0 aliphatic heterocycles. The zero-order valence-corrected chi connectivity index (χ0v) is 14.7. The monoisotopic (exact) mass is 338 g/mol. The second-order valence-corrected chi connectivity index (χ2v) is 6.29. The lowest BCUT2D eigenvalue weighted by Gasteiger charge is -2.20. The molecule has 0 spiro atoms.